The molecule has 2 amide bonds. The Morgan fingerprint density at radius 1 is 1.09 bits per heavy atom. The molecule has 0 saturated carbocycles. The van der Waals surface area contributed by atoms with Gasteiger partial charge in [-0.15, -0.1) is 0 Å². The van der Waals surface area contributed by atoms with E-state index in [-0.39, 0.29) is 0 Å². The minimum Gasteiger partial charge on any atom is -0.317 e. The number of nitrogens with zero attached hydrogens (tertiary/aromatic N) is 1. The molecule has 0 bridgehead atoms. The van der Waals surface area contributed by atoms with Gasteiger partial charge in [0.15, 0.2) is 0 Å². The maximum atomic E-state index is 11.9. The summed E-state index contributed by atoms with van der Waals surface area (Å²) in [6, 6.07) is 14.3. The van der Waals surface area contributed by atoms with Gasteiger partial charge in [0.25, 0.3) is 0 Å². The molecule has 2 N–H and O–H groups in total. The van der Waals surface area contributed by atoms with Crippen LogP contribution in [0.4, 0.5) is 5.69 Å². The molecule has 5 nitrogen and oxygen atoms in total. The lowest BCUT2D eigenvalue weighted by atomic mass is 10.1. The Labute approximate surface area is 139 Å². The van der Waals surface area contributed by atoms with Crippen molar-refractivity contribution in [3.05, 3.63) is 64.7 Å². The molecule has 6 heteroatoms. The molecular weight excluding hydrogens is 314 g/mol. The smallest absolute Gasteiger partial charge is 0.317 e. The largest absolute Gasteiger partial charge is 0.329 e. The Hall–Kier alpha value is -2.66. The number of benzene rings is 2. The van der Waals surface area contributed by atoms with E-state index in [0.29, 0.717) is 16.3 Å². The number of carbonyl (C=O) groups is 2. The quantitative estimate of drug-likeness (QED) is 0.514. The van der Waals surface area contributed by atoms with Crippen molar-refractivity contribution < 1.29 is 9.59 Å². The first kappa shape index (κ1) is 16.7. The maximum Gasteiger partial charge on any atom is 0.329 e. The van der Waals surface area contributed by atoms with Crippen LogP contribution in [0.3, 0.4) is 0 Å². The first-order valence-electron chi connectivity index (χ1n) is 7.08. The van der Waals surface area contributed by atoms with Crippen molar-refractivity contribution in [2.24, 2.45) is 5.10 Å². The van der Waals surface area contributed by atoms with Crippen molar-refractivity contribution in [3.63, 3.8) is 0 Å². The molecule has 0 atom stereocenters. The number of aryl methyl sites for hydroxylation is 1. The number of halogens is 1. The van der Waals surface area contributed by atoms with Crippen molar-refractivity contribution in [1.29, 1.82) is 0 Å². The lowest BCUT2D eigenvalue weighted by molar-refractivity contribution is -0.136. The Balaban J connectivity index is 1.95. The van der Waals surface area contributed by atoms with E-state index in [0.717, 1.165) is 12.0 Å². The van der Waals surface area contributed by atoms with Crippen LogP contribution in [0.2, 0.25) is 5.02 Å². The number of para-hydroxylation sites is 1. The van der Waals surface area contributed by atoms with Crippen LogP contribution in [0.5, 0.6) is 0 Å². The lowest BCUT2D eigenvalue weighted by Gasteiger charge is -2.08. The number of carbonyl (C=O) groups excluding carboxylic acids is 2. The Morgan fingerprint density at radius 3 is 2.52 bits per heavy atom. The third-order valence-corrected chi connectivity index (χ3v) is 3.47. The molecule has 0 aliphatic rings. The molecule has 118 valence electrons. The summed E-state index contributed by atoms with van der Waals surface area (Å²) in [5.41, 5.74) is 4.39. The van der Waals surface area contributed by atoms with Gasteiger partial charge < -0.3 is 5.32 Å². The first-order chi connectivity index (χ1) is 11.1. The van der Waals surface area contributed by atoms with E-state index in [4.69, 9.17) is 11.6 Å². The van der Waals surface area contributed by atoms with Crippen LogP contribution in [-0.4, -0.2) is 18.0 Å². The van der Waals surface area contributed by atoms with E-state index in [1.807, 2.05) is 19.1 Å². The predicted octanol–water partition coefficient (Wildman–Crippen LogP) is 2.99. The highest BCUT2D eigenvalue weighted by Crippen LogP contribution is 2.15. The second-order valence-corrected chi connectivity index (χ2v) is 5.09. The normalized spacial score (nSPS) is 10.5. The van der Waals surface area contributed by atoms with Crippen molar-refractivity contribution in [3.8, 4) is 0 Å². The molecule has 0 aliphatic heterocycles. The second kappa shape index (κ2) is 8.10. The standard InChI is InChI=1S/C17H16ClN3O2/c1-2-12-7-4-6-10-15(12)20-16(22)17(23)21-19-11-13-8-3-5-9-14(13)18/h3-11H,2H2,1H3,(H,20,22)(H,21,23)/b19-11-. The summed E-state index contributed by atoms with van der Waals surface area (Å²) in [6.07, 6.45) is 2.14. The van der Waals surface area contributed by atoms with Gasteiger partial charge in [0.2, 0.25) is 0 Å². The summed E-state index contributed by atoms with van der Waals surface area (Å²) in [4.78, 5) is 23.6. The van der Waals surface area contributed by atoms with Gasteiger partial charge in [-0.05, 0) is 24.1 Å². The van der Waals surface area contributed by atoms with E-state index < -0.39 is 11.8 Å². The SMILES string of the molecule is CCc1ccccc1NC(=O)C(=O)N/N=C\c1ccccc1Cl. The molecule has 0 saturated heterocycles. The van der Waals surface area contributed by atoms with E-state index in [9.17, 15) is 9.59 Å². The molecule has 2 aromatic carbocycles. The summed E-state index contributed by atoms with van der Waals surface area (Å²) in [7, 11) is 0. The first-order valence-corrected chi connectivity index (χ1v) is 7.46. The fourth-order valence-electron chi connectivity index (χ4n) is 1.92. The molecule has 0 unspecified atom stereocenters. The maximum absolute atomic E-state index is 11.9. The lowest BCUT2D eigenvalue weighted by Crippen LogP contribution is -2.32. The van der Waals surface area contributed by atoms with E-state index in [2.05, 4.69) is 15.8 Å². The number of nitrogens with one attached hydrogen (secondary N) is 2. The fraction of sp³-hybridized carbons (Fsp3) is 0.118. The molecule has 0 aromatic heterocycles. The van der Waals surface area contributed by atoms with Gasteiger partial charge in [-0.25, -0.2) is 5.43 Å². The zero-order valence-corrected chi connectivity index (χ0v) is 13.3. The van der Waals surface area contributed by atoms with Crippen LogP contribution in [0, 0.1) is 0 Å². The average Bonchev–Trinajstić information content (AvgIpc) is 2.57. The highest BCUT2D eigenvalue weighted by Gasteiger charge is 2.14. The van der Waals surface area contributed by atoms with Crippen molar-refractivity contribution in [2.75, 3.05) is 5.32 Å². The van der Waals surface area contributed by atoms with Crippen LogP contribution in [0.25, 0.3) is 0 Å². The Morgan fingerprint density at radius 2 is 1.78 bits per heavy atom. The number of hydrogen-bond donors (Lipinski definition) is 2. The number of amides is 2. The summed E-state index contributed by atoms with van der Waals surface area (Å²) >= 11 is 5.96. The van der Waals surface area contributed by atoms with Gasteiger partial charge in [0, 0.05) is 16.3 Å². The van der Waals surface area contributed by atoms with Gasteiger partial charge in [0.1, 0.15) is 0 Å². The molecular formula is C17H16ClN3O2. The van der Waals surface area contributed by atoms with Crippen molar-refractivity contribution in [2.45, 2.75) is 13.3 Å². The van der Waals surface area contributed by atoms with Crippen LogP contribution in [0.1, 0.15) is 18.1 Å². The number of hydrogen-bond acceptors (Lipinski definition) is 3. The van der Waals surface area contributed by atoms with Gasteiger partial charge in [0.05, 0.1) is 6.21 Å². The summed E-state index contributed by atoms with van der Waals surface area (Å²) in [5.74, 6) is -1.62. The van der Waals surface area contributed by atoms with Gasteiger partial charge in [-0.2, -0.15) is 5.10 Å². The summed E-state index contributed by atoms with van der Waals surface area (Å²) in [5, 5.41) is 6.81. The zero-order valence-electron chi connectivity index (χ0n) is 12.5. The van der Waals surface area contributed by atoms with Gasteiger partial charge in [-0.1, -0.05) is 54.9 Å². The minimum absolute atomic E-state index is 0.506. The molecule has 0 heterocycles. The Kier molecular flexibility index (Phi) is 5.88. The third kappa shape index (κ3) is 4.66. The van der Waals surface area contributed by atoms with E-state index >= 15 is 0 Å². The molecule has 0 aliphatic carbocycles. The van der Waals surface area contributed by atoms with Crippen LogP contribution < -0.4 is 10.7 Å². The molecule has 0 radical (unpaired) electrons. The summed E-state index contributed by atoms with van der Waals surface area (Å²) < 4.78 is 0. The van der Waals surface area contributed by atoms with Crippen LogP contribution >= 0.6 is 11.6 Å². The number of hydrazone groups is 1. The number of anilines is 1. The van der Waals surface area contributed by atoms with E-state index in [1.165, 1.54) is 6.21 Å². The average molecular weight is 330 g/mol. The van der Waals surface area contributed by atoms with Crippen molar-refractivity contribution >= 4 is 35.3 Å². The predicted molar refractivity (Wildman–Crippen MR) is 91.6 cm³/mol. The molecule has 0 fully saturated rings. The zero-order chi connectivity index (χ0) is 16.7. The molecule has 2 rings (SSSR count). The Bertz CT molecular complexity index is 744. The monoisotopic (exact) mass is 329 g/mol. The number of rotatable bonds is 4. The second-order valence-electron chi connectivity index (χ2n) is 4.69. The summed E-state index contributed by atoms with van der Waals surface area (Å²) in [6.45, 7) is 1.97. The molecule has 23 heavy (non-hydrogen) atoms. The highest BCUT2D eigenvalue weighted by atomic mass is 35.5. The van der Waals surface area contributed by atoms with E-state index in [1.54, 1.807) is 36.4 Å². The van der Waals surface area contributed by atoms with Crippen LogP contribution in [0.15, 0.2) is 53.6 Å². The molecule has 0 spiro atoms. The van der Waals surface area contributed by atoms with Gasteiger partial charge >= 0.3 is 11.8 Å². The minimum atomic E-state index is -0.848. The van der Waals surface area contributed by atoms with Crippen LogP contribution in [-0.2, 0) is 16.0 Å². The highest BCUT2D eigenvalue weighted by molar-refractivity contribution is 6.39. The fourth-order valence-corrected chi connectivity index (χ4v) is 2.11. The van der Waals surface area contributed by atoms with Crippen molar-refractivity contribution in [1.82, 2.24) is 5.43 Å². The molecule has 2 aromatic rings. The third-order valence-electron chi connectivity index (χ3n) is 3.13. The van der Waals surface area contributed by atoms with Gasteiger partial charge in [-0.3, -0.25) is 9.59 Å². The topological polar surface area (TPSA) is 70.6 Å².